The van der Waals surface area contributed by atoms with E-state index in [9.17, 15) is 13.2 Å². The number of carbonyl (C=O) groups is 1. The molecule has 1 fully saturated rings. The number of nitrogens with one attached hydrogen (secondary N) is 1. The van der Waals surface area contributed by atoms with Crippen LogP contribution in [0.4, 0.5) is 0 Å². The van der Waals surface area contributed by atoms with E-state index in [1.54, 1.807) is 18.2 Å². The molecule has 2 aromatic rings. The summed E-state index contributed by atoms with van der Waals surface area (Å²) in [5.74, 6) is 0.741. The smallest absolute Gasteiger partial charge is 0.243 e. The Morgan fingerprint density at radius 1 is 1.28 bits per heavy atom. The van der Waals surface area contributed by atoms with Crippen molar-refractivity contribution in [1.82, 2.24) is 19.2 Å². The predicted molar refractivity (Wildman–Crippen MR) is 111 cm³/mol. The summed E-state index contributed by atoms with van der Waals surface area (Å²) in [7, 11) is -1.68. The maximum Gasteiger partial charge on any atom is 0.243 e. The van der Waals surface area contributed by atoms with Crippen LogP contribution in [0.1, 0.15) is 39.4 Å². The van der Waals surface area contributed by atoms with Gasteiger partial charge in [-0.15, -0.1) is 0 Å². The molecule has 1 amide bonds. The van der Waals surface area contributed by atoms with Crippen molar-refractivity contribution in [2.75, 3.05) is 26.3 Å². The third-order valence-electron chi connectivity index (χ3n) is 5.49. The summed E-state index contributed by atoms with van der Waals surface area (Å²) in [6, 6.07) is 5.01. The largest absolute Gasteiger partial charge is 0.379 e. The molecule has 1 aromatic carbocycles. The number of fused-ring (bicyclic) bond motifs is 1. The molecule has 1 aromatic heterocycles. The second kappa shape index (κ2) is 8.41. The molecule has 0 unspecified atom stereocenters. The first-order chi connectivity index (χ1) is 13.6. The van der Waals surface area contributed by atoms with E-state index in [1.807, 2.05) is 32.4 Å². The summed E-state index contributed by atoms with van der Waals surface area (Å²) in [5.41, 5.74) is 1.23. The highest BCUT2D eigenvalue weighted by Crippen LogP contribution is 2.23. The zero-order valence-corrected chi connectivity index (χ0v) is 18.4. The molecule has 8 nitrogen and oxygen atoms in total. The van der Waals surface area contributed by atoms with E-state index in [1.165, 1.54) is 4.31 Å². The first-order valence-electron chi connectivity index (χ1n) is 9.98. The third kappa shape index (κ3) is 4.79. The summed E-state index contributed by atoms with van der Waals surface area (Å²) in [6.07, 6.45) is 1.67. The summed E-state index contributed by atoms with van der Waals surface area (Å²) < 4.78 is 34.4. The molecule has 1 aliphatic rings. The Hall–Kier alpha value is -1.97. The van der Waals surface area contributed by atoms with Crippen molar-refractivity contribution in [1.29, 1.82) is 0 Å². The Morgan fingerprint density at radius 2 is 1.97 bits per heavy atom. The molecule has 29 heavy (non-hydrogen) atoms. The van der Waals surface area contributed by atoms with Gasteiger partial charge in [-0.05, 0) is 38.5 Å². The molecule has 3 rings (SSSR count). The van der Waals surface area contributed by atoms with Crippen LogP contribution in [0.3, 0.4) is 0 Å². The van der Waals surface area contributed by atoms with Gasteiger partial charge in [0.25, 0.3) is 0 Å². The van der Waals surface area contributed by atoms with Crippen LogP contribution >= 0.6 is 0 Å². The monoisotopic (exact) mass is 422 g/mol. The van der Waals surface area contributed by atoms with Crippen molar-refractivity contribution in [3.05, 3.63) is 24.0 Å². The lowest BCUT2D eigenvalue weighted by atomic mass is 10.0. The van der Waals surface area contributed by atoms with Gasteiger partial charge >= 0.3 is 0 Å². The summed E-state index contributed by atoms with van der Waals surface area (Å²) in [4.78, 5) is 17.1. The van der Waals surface area contributed by atoms with Gasteiger partial charge in [0.05, 0.1) is 29.1 Å². The number of benzene rings is 1. The first kappa shape index (κ1) is 21.7. The zero-order valence-electron chi connectivity index (χ0n) is 17.6. The lowest BCUT2D eigenvalue weighted by Crippen LogP contribution is -2.42. The minimum atomic E-state index is -3.57. The molecule has 0 aliphatic carbocycles. The molecule has 9 heteroatoms. The average Bonchev–Trinajstić information content (AvgIpc) is 3.02. The molecule has 160 valence electrons. The van der Waals surface area contributed by atoms with Crippen molar-refractivity contribution < 1.29 is 17.9 Å². The van der Waals surface area contributed by atoms with Gasteiger partial charge in [-0.3, -0.25) is 4.79 Å². The Labute approximate surface area is 172 Å². The van der Waals surface area contributed by atoms with Crippen molar-refractivity contribution in [2.24, 2.45) is 7.05 Å². The molecule has 0 saturated carbocycles. The maximum atomic E-state index is 12.9. The van der Waals surface area contributed by atoms with E-state index in [0.29, 0.717) is 44.7 Å². The van der Waals surface area contributed by atoms with Gasteiger partial charge < -0.3 is 14.6 Å². The average molecular weight is 423 g/mol. The first-order valence-corrected chi connectivity index (χ1v) is 11.4. The van der Waals surface area contributed by atoms with E-state index in [-0.39, 0.29) is 16.3 Å². The van der Waals surface area contributed by atoms with Crippen LogP contribution in [0.15, 0.2) is 23.1 Å². The number of nitrogens with zero attached hydrogens (tertiary/aromatic N) is 3. The highest BCUT2D eigenvalue weighted by molar-refractivity contribution is 7.89. The van der Waals surface area contributed by atoms with Gasteiger partial charge in [0, 0.05) is 38.5 Å². The number of carbonyl (C=O) groups excluding carboxylic acids is 1. The molecule has 0 radical (unpaired) electrons. The number of aromatic nitrogens is 2. The van der Waals surface area contributed by atoms with Gasteiger partial charge in [-0.2, -0.15) is 4.31 Å². The highest BCUT2D eigenvalue weighted by atomic mass is 32.2. The molecular weight excluding hydrogens is 392 g/mol. The zero-order chi connectivity index (χ0) is 21.2. The van der Waals surface area contributed by atoms with Gasteiger partial charge in [-0.25, -0.2) is 13.4 Å². The lowest BCUT2D eigenvalue weighted by Gasteiger charge is -2.26. The normalized spacial score (nSPS) is 16.3. The van der Waals surface area contributed by atoms with Crippen molar-refractivity contribution in [3.63, 3.8) is 0 Å². The van der Waals surface area contributed by atoms with Crippen molar-refractivity contribution in [3.8, 4) is 0 Å². The lowest BCUT2D eigenvalue weighted by molar-refractivity contribution is -0.122. The molecular formula is C20H30N4O4S. The Bertz CT molecular complexity index is 991. The number of aryl methyl sites for hydroxylation is 2. The standard InChI is InChI=1S/C20H30N4O4S/c1-5-20(2,3)22-19(25)9-8-18-21-16-14-15(6-7-17(16)23(18)4)29(26,27)24-10-12-28-13-11-24/h6-7,14H,5,8-13H2,1-4H3,(H,22,25). The SMILES string of the molecule is CCC(C)(C)NC(=O)CCc1nc2cc(S(=O)(=O)N3CCOCC3)ccc2n1C. The number of amides is 1. The molecule has 1 aliphatic heterocycles. The second-order valence-corrected chi connectivity index (χ2v) is 9.98. The van der Waals surface area contributed by atoms with Gasteiger partial charge in [-0.1, -0.05) is 6.92 Å². The topological polar surface area (TPSA) is 93.5 Å². The Morgan fingerprint density at radius 3 is 2.62 bits per heavy atom. The number of imidazole rings is 1. The van der Waals surface area contributed by atoms with Gasteiger partial charge in [0.2, 0.25) is 15.9 Å². The summed E-state index contributed by atoms with van der Waals surface area (Å²) >= 11 is 0. The van der Waals surface area contributed by atoms with Crippen LogP contribution in [-0.4, -0.2) is 60.0 Å². The second-order valence-electron chi connectivity index (χ2n) is 8.04. The minimum absolute atomic E-state index is 0.0144. The van der Waals surface area contributed by atoms with E-state index in [0.717, 1.165) is 17.8 Å². The fourth-order valence-corrected chi connectivity index (χ4v) is 4.73. The van der Waals surface area contributed by atoms with Crippen LogP contribution in [0.2, 0.25) is 0 Å². The molecule has 2 heterocycles. The fourth-order valence-electron chi connectivity index (χ4n) is 3.30. The number of rotatable bonds is 7. The number of morpholine rings is 1. The van der Waals surface area contributed by atoms with E-state index in [2.05, 4.69) is 10.3 Å². The van der Waals surface area contributed by atoms with Crippen LogP contribution in [0.25, 0.3) is 11.0 Å². The van der Waals surface area contributed by atoms with Crippen LogP contribution in [0, 0.1) is 0 Å². The third-order valence-corrected chi connectivity index (χ3v) is 7.38. The van der Waals surface area contributed by atoms with E-state index >= 15 is 0 Å². The van der Waals surface area contributed by atoms with E-state index in [4.69, 9.17) is 4.74 Å². The van der Waals surface area contributed by atoms with Gasteiger partial charge in [0.1, 0.15) is 5.82 Å². The number of hydrogen-bond acceptors (Lipinski definition) is 5. The van der Waals surface area contributed by atoms with Crippen LogP contribution in [0.5, 0.6) is 0 Å². The maximum absolute atomic E-state index is 12.9. The highest BCUT2D eigenvalue weighted by Gasteiger charge is 2.27. The molecule has 1 saturated heterocycles. The number of hydrogen-bond donors (Lipinski definition) is 1. The number of ether oxygens (including phenoxy) is 1. The van der Waals surface area contributed by atoms with Crippen LogP contribution in [-0.2, 0) is 33.0 Å². The van der Waals surface area contributed by atoms with E-state index < -0.39 is 10.0 Å². The Balaban J connectivity index is 1.78. The summed E-state index contributed by atoms with van der Waals surface area (Å²) in [5, 5.41) is 3.02. The molecule has 0 atom stereocenters. The Kier molecular flexibility index (Phi) is 6.30. The van der Waals surface area contributed by atoms with Gasteiger partial charge in [0.15, 0.2) is 0 Å². The predicted octanol–water partition coefficient (Wildman–Crippen LogP) is 1.83. The molecule has 0 bridgehead atoms. The molecule has 1 N–H and O–H groups in total. The van der Waals surface area contributed by atoms with Crippen LogP contribution < -0.4 is 5.32 Å². The quantitative estimate of drug-likeness (QED) is 0.735. The minimum Gasteiger partial charge on any atom is -0.379 e. The summed E-state index contributed by atoms with van der Waals surface area (Å²) in [6.45, 7) is 7.56. The fraction of sp³-hybridized carbons (Fsp3) is 0.600. The van der Waals surface area contributed by atoms with Crippen molar-refractivity contribution >= 4 is 27.0 Å². The van der Waals surface area contributed by atoms with Crippen molar-refractivity contribution in [2.45, 2.75) is 50.5 Å². The number of sulfonamides is 1. The molecule has 0 spiro atoms.